The van der Waals surface area contributed by atoms with E-state index in [0.717, 1.165) is 16.9 Å². The van der Waals surface area contributed by atoms with Crippen LogP contribution >= 0.6 is 11.6 Å². The number of fused-ring (bicyclic) bond motifs is 1. The van der Waals surface area contributed by atoms with E-state index in [1.54, 1.807) is 6.07 Å². The maximum absolute atomic E-state index is 13.1. The number of rotatable bonds is 5. The molecule has 29 heavy (non-hydrogen) atoms. The quantitative estimate of drug-likeness (QED) is 0.701. The summed E-state index contributed by atoms with van der Waals surface area (Å²) in [5, 5.41) is 0.614. The van der Waals surface area contributed by atoms with Crippen molar-refractivity contribution in [1.29, 1.82) is 0 Å². The molecule has 7 heteroatoms. The third-order valence-electron chi connectivity index (χ3n) is 5.69. The molecule has 3 heterocycles. The number of carbonyl (C=O) groups is 2. The highest BCUT2D eigenvalue weighted by Crippen LogP contribution is 2.31. The zero-order valence-electron chi connectivity index (χ0n) is 16.0. The van der Waals surface area contributed by atoms with Gasteiger partial charge < -0.3 is 15.0 Å². The van der Waals surface area contributed by atoms with Gasteiger partial charge in [-0.05, 0) is 30.5 Å². The second-order valence-electron chi connectivity index (χ2n) is 7.48. The third kappa shape index (κ3) is 4.12. The van der Waals surface area contributed by atoms with Crippen LogP contribution in [0.4, 0.5) is 0 Å². The van der Waals surface area contributed by atoms with E-state index in [4.69, 9.17) is 17.3 Å². The van der Waals surface area contributed by atoms with E-state index in [-0.39, 0.29) is 23.7 Å². The van der Waals surface area contributed by atoms with Crippen LogP contribution in [0.2, 0.25) is 5.02 Å². The minimum absolute atomic E-state index is 0.0683. The number of amides is 2. The predicted molar refractivity (Wildman–Crippen MR) is 112 cm³/mol. The molecule has 6 nitrogen and oxygen atoms in total. The summed E-state index contributed by atoms with van der Waals surface area (Å²) in [4.78, 5) is 30.8. The Balaban J connectivity index is 1.61. The van der Waals surface area contributed by atoms with Crippen LogP contribution in [0, 0.1) is 5.92 Å². The molecule has 2 N–H and O–H groups in total. The van der Waals surface area contributed by atoms with Gasteiger partial charge in [0.15, 0.2) is 0 Å². The highest BCUT2D eigenvalue weighted by atomic mass is 35.5. The molecule has 0 spiro atoms. The Kier molecular flexibility index (Phi) is 5.53. The van der Waals surface area contributed by atoms with Gasteiger partial charge in [-0.15, -0.1) is 0 Å². The zero-order valence-corrected chi connectivity index (χ0v) is 16.8. The summed E-state index contributed by atoms with van der Waals surface area (Å²) in [5.74, 6) is -0.489. The van der Waals surface area contributed by atoms with Gasteiger partial charge in [0.25, 0.3) is 0 Å². The number of imidazole rings is 1. The van der Waals surface area contributed by atoms with Crippen molar-refractivity contribution >= 4 is 29.1 Å². The van der Waals surface area contributed by atoms with Crippen LogP contribution in [0.5, 0.6) is 0 Å². The van der Waals surface area contributed by atoms with Crippen LogP contribution in [-0.4, -0.2) is 39.2 Å². The van der Waals surface area contributed by atoms with Crippen molar-refractivity contribution in [2.24, 2.45) is 11.7 Å². The Bertz CT molecular complexity index is 1030. The molecule has 4 rings (SSSR count). The topological polar surface area (TPSA) is 80.7 Å². The molecular weight excluding hydrogens is 388 g/mol. The third-order valence-corrected chi connectivity index (χ3v) is 5.91. The molecule has 1 saturated heterocycles. The van der Waals surface area contributed by atoms with Crippen LogP contribution in [-0.2, 0) is 9.59 Å². The minimum atomic E-state index is -0.276. The molecule has 1 atom stereocenters. The second kappa shape index (κ2) is 8.25. The number of nitrogens with zero attached hydrogens (tertiary/aromatic N) is 3. The molecule has 1 aromatic carbocycles. The Morgan fingerprint density at radius 2 is 1.86 bits per heavy atom. The van der Waals surface area contributed by atoms with Crippen molar-refractivity contribution in [3.05, 3.63) is 71.1 Å². The van der Waals surface area contributed by atoms with Gasteiger partial charge in [0.2, 0.25) is 11.8 Å². The molecule has 1 aliphatic rings. The summed E-state index contributed by atoms with van der Waals surface area (Å²) in [7, 11) is 0. The first-order valence-corrected chi connectivity index (χ1v) is 10.2. The fourth-order valence-electron chi connectivity index (χ4n) is 4.03. The molecule has 3 aromatic rings. The van der Waals surface area contributed by atoms with E-state index in [9.17, 15) is 9.59 Å². The maximum Gasteiger partial charge on any atom is 0.223 e. The minimum Gasteiger partial charge on any atom is -0.369 e. The number of carbonyl (C=O) groups excluding carboxylic acids is 2. The van der Waals surface area contributed by atoms with Crippen molar-refractivity contribution in [2.45, 2.75) is 25.2 Å². The average molecular weight is 411 g/mol. The van der Waals surface area contributed by atoms with E-state index >= 15 is 0 Å². The molecule has 2 aromatic heterocycles. The van der Waals surface area contributed by atoms with Crippen molar-refractivity contribution < 1.29 is 9.59 Å². The van der Waals surface area contributed by atoms with Crippen LogP contribution in [0.1, 0.15) is 36.4 Å². The van der Waals surface area contributed by atoms with E-state index in [0.29, 0.717) is 37.4 Å². The largest absolute Gasteiger partial charge is 0.369 e. The summed E-state index contributed by atoms with van der Waals surface area (Å²) in [6.45, 7) is 1.12. The number of nitrogens with two attached hydrogens (primary N) is 1. The SMILES string of the molecule is NC(=O)C1CCN(C(=O)CC(c2ccccc2)c2cnc3ccc(Cl)cn23)CC1. The summed E-state index contributed by atoms with van der Waals surface area (Å²) in [6, 6.07) is 13.6. The van der Waals surface area contributed by atoms with Gasteiger partial charge in [0.1, 0.15) is 5.65 Å². The lowest BCUT2D eigenvalue weighted by atomic mass is 9.91. The molecular formula is C22H23ClN4O2. The number of hydrogen-bond donors (Lipinski definition) is 1. The molecule has 1 aliphatic heterocycles. The maximum atomic E-state index is 13.1. The fraction of sp³-hybridized carbons (Fsp3) is 0.318. The van der Waals surface area contributed by atoms with Crippen LogP contribution in [0.15, 0.2) is 54.9 Å². The van der Waals surface area contributed by atoms with Gasteiger partial charge in [-0.25, -0.2) is 4.98 Å². The summed E-state index contributed by atoms with van der Waals surface area (Å²) in [6.07, 6.45) is 5.23. The van der Waals surface area contributed by atoms with Gasteiger partial charge in [-0.3, -0.25) is 9.59 Å². The van der Waals surface area contributed by atoms with Crippen LogP contribution in [0.25, 0.3) is 5.65 Å². The van der Waals surface area contributed by atoms with E-state index in [1.807, 2.05) is 58.1 Å². The summed E-state index contributed by atoms with van der Waals surface area (Å²) >= 11 is 6.20. The lowest BCUT2D eigenvalue weighted by molar-refractivity contribution is -0.135. The van der Waals surface area contributed by atoms with Gasteiger partial charge in [0.05, 0.1) is 10.7 Å². The number of benzene rings is 1. The van der Waals surface area contributed by atoms with Gasteiger partial charge in [-0.1, -0.05) is 41.9 Å². The van der Waals surface area contributed by atoms with E-state index < -0.39 is 0 Å². The van der Waals surface area contributed by atoms with Crippen molar-refractivity contribution in [1.82, 2.24) is 14.3 Å². The lowest BCUT2D eigenvalue weighted by Gasteiger charge is -2.31. The Hall–Kier alpha value is -2.86. The second-order valence-corrected chi connectivity index (χ2v) is 7.92. The Labute approximate surface area is 174 Å². The molecule has 0 aliphatic carbocycles. The average Bonchev–Trinajstić information content (AvgIpc) is 3.15. The summed E-state index contributed by atoms with van der Waals surface area (Å²) in [5.41, 5.74) is 8.18. The smallest absolute Gasteiger partial charge is 0.223 e. The van der Waals surface area contributed by atoms with Gasteiger partial charge in [0, 0.05) is 43.7 Å². The van der Waals surface area contributed by atoms with E-state index in [2.05, 4.69) is 4.98 Å². The molecule has 150 valence electrons. The Morgan fingerprint density at radius 1 is 1.14 bits per heavy atom. The normalized spacial score (nSPS) is 16.1. The number of piperidine rings is 1. The zero-order chi connectivity index (χ0) is 20.4. The Morgan fingerprint density at radius 3 is 2.55 bits per heavy atom. The first kappa shape index (κ1) is 19.5. The standard InChI is InChI=1S/C22H23ClN4O2/c23-17-6-7-20-25-13-19(27(20)14-17)18(15-4-2-1-3-5-15)12-21(28)26-10-8-16(9-11-26)22(24)29/h1-7,13-14,16,18H,8-12H2,(H2,24,29). The number of primary amides is 1. The predicted octanol–water partition coefficient (Wildman–Crippen LogP) is 3.23. The molecule has 0 radical (unpaired) electrons. The van der Waals surface area contributed by atoms with Crippen LogP contribution in [0.3, 0.4) is 0 Å². The lowest BCUT2D eigenvalue weighted by Crippen LogP contribution is -2.42. The van der Waals surface area contributed by atoms with Gasteiger partial charge >= 0.3 is 0 Å². The van der Waals surface area contributed by atoms with Crippen molar-refractivity contribution in [3.8, 4) is 0 Å². The summed E-state index contributed by atoms with van der Waals surface area (Å²) < 4.78 is 1.95. The highest BCUT2D eigenvalue weighted by Gasteiger charge is 2.29. The van der Waals surface area contributed by atoms with Crippen LogP contribution < -0.4 is 5.73 Å². The van der Waals surface area contributed by atoms with Crippen molar-refractivity contribution in [2.75, 3.05) is 13.1 Å². The monoisotopic (exact) mass is 410 g/mol. The molecule has 1 fully saturated rings. The first-order chi connectivity index (χ1) is 14.0. The molecule has 0 bridgehead atoms. The number of hydrogen-bond acceptors (Lipinski definition) is 3. The first-order valence-electron chi connectivity index (χ1n) is 9.77. The van der Waals surface area contributed by atoms with Crippen molar-refractivity contribution in [3.63, 3.8) is 0 Å². The molecule has 0 saturated carbocycles. The number of pyridine rings is 1. The number of likely N-dealkylation sites (tertiary alicyclic amines) is 1. The van der Waals surface area contributed by atoms with Gasteiger partial charge in [-0.2, -0.15) is 0 Å². The highest BCUT2D eigenvalue weighted by molar-refractivity contribution is 6.30. The molecule has 2 amide bonds. The van der Waals surface area contributed by atoms with E-state index in [1.165, 1.54) is 0 Å². The fourth-order valence-corrected chi connectivity index (χ4v) is 4.19. The molecule has 1 unspecified atom stereocenters. The number of aromatic nitrogens is 2. The number of halogens is 1.